The van der Waals surface area contributed by atoms with Crippen molar-refractivity contribution in [2.45, 2.75) is 19.9 Å². The van der Waals surface area contributed by atoms with E-state index in [9.17, 15) is 9.59 Å². The van der Waals surface area contributed by atoms with E-state index in [0.29, 0.717) is 17.5 Å². The van der Waals surface area contributed by atoms with E-state index >= 15 is 0 Å². The highest BCUT2D eigenvalue weighted by molar-refractivity contribution is 5.93. The molecule has 0 saturated carbocycles. The molecule has 1 N–H and O–H groups in total. The second kappa shape index (κ2) is 7.76. The molecule has 5 nitrogen and oxygen atoms in total. The molecule has 0 radical (unpaired) electrons. The number of aryl methyl sites for hydroxylation is 2. The second-order valence-electron chi connectivity index (χ2n) is 7.07. The molecular formula is C22H24N2O3. The molecule has 1 heterocycles. The molecule has 3 aromatic rings. The Bertz CT molecular complexity index is 1020. The summed E-state index contributed by atoms with van der Waals surface area (Å²) in [6.07, 6.45) is 0. The Morgan fingerprint density at radius 2 is 1.70 bits per heavy atom. The van der Waals surface area contributed by atoms with Crippen molar-refractivity contribution in [2.75, 3.05) is 20.6 Å². The molecule has 0 aliphatic carbocycles. The summed E-state index contributed by atoms with van der Waals surface area (Å²) in [6.45, 7) is 4.36. The number of carbonyl (C=O) groups excluding carboxylic acids is 1. The molecule has 27 heavy (non-hydrogen) atoms. The third-order valence-electron chi connectivity index (χ3n) is 4.65. The predicted octanol–water partition coefficient (Wildman–Crippen LogP) is 3.44. The maximum atomic E-state index is 12.6. The number of rotatable bonds is 5. The fourth-order valence-electron chi connectivity index (χ4n) is 3.05. The average Bonchev–Trinajstić information content (AvgIpc) is 2.63. The molecule has 0 aliphatic rings. The molecule has 1 atom stereocenters. The first-order valence-corrected chi connectivity index (χ1v) is 8.91. The molecule has 0 fully saturated rings. The smallest absolute Gasteiger partial charge is 0.287 e. The van der Waals surface area contributed by atoms with Crippen molar-refractivity contribution in [1.82, 2.24) is 10.2 Å². The molecule has 3 rings (SSSR count). The number of amides is 1. The van der Waals surface area contributed by atoms with Crippen LogP contribution in [0.25, 0.3) is 11.0 Å². The number of nitrogens with one attached hydrogen (secondary N) is 1. The fraction of sp³-hybridized carbons (Fsp3) is 0.273. The van der Waals surface area contributed by atoms with Gasteiger partial charge in [0, 0.05) is 12.6 Å². The summed E-state index contributed by atoms with van der Waals surface area (Å²) in [5.74, 6) is -0.369. The number of nitrogens with zero attached hydrogens (tertiary/aromatic N) is 1. The van der Waals surface area contributed by atoms with Gasteiger partial charge in [-0.1, -0.05) is 41.5 Å². The zero-order valence-corrected chi connectivity index (χ0v) is 16.1. The van der Waals surface area contributed by atoms with Gasteiger partial charge >= 0.3 is 0 Å². The van der Waals surface area contributed by atoms with Crippen molar-refractivity contribution < 1.29 is 9.21 Å². The number of carbonyl (C=O) groups is 1. The number of fused-ring (bicyclic) bond motifs is 1. The summed E-state index contributed by atoms with van der Waals surface area (Å²) >= 11 is 0. The van der Waals surface area contributed by atoms with Gasteiger partial charge in [0.25, 0.3) is 5.91 Å². The Labute approximate surface area is 158 Å². The number of hydrogen-bond donors (Lipinski definition) is 1. The van der Waals surface area contributed by atoms with Gasteiger partial charge in [0.15, 0.2) is 11.2 Å². The van der Waals surface area contributed by atoms with E-state index in [1.165, 1.54) is 11.6 Å². The van der Waals surface area contributed by atoms with Crippen molar-refractivity contribution in [2.24, 2.45) is 0 Å². The minimum absolute atomic E-state index is 0.0179. The lowest BCUT2D eigenvalue weighted by molar-refractivity contribution is 0.0914. The Morgan fingerprint density at radius 3 is 2.37 bits per heavy atom. The Morgan fingerprint density at radius 1 is 1.04 bits per heavy atom. The minimum atomic E-state index is -0.395. The lowest BCUT2D eigenvalue weighted by atomic mass is 10.0. The van der Waals surface area contributed by atoms with Crippen LogP contribution < -0.4 is 10.7 Å². The molecule has 0 bridgehead atoms. The van der Waals surface area contributed by atoms with Crippen LogP contribution in [0, 0.1) is 13.8 Å². The SMILES string of the molecule is Cc1ccc([C@H](CNC(=O)c2cc(=O)c3cc(C)ccc3o2)N(C)C)cc1. The molecule has 5 heteroatoms. The molecule has 2 aromatic carbocycles. The van der Waals surface area contributed by atoms with Crippen LogP contribution in [0.3, 0.4) is 0 Å². The van der Waals surface area contributed by atoms with E-state index in [4.69, 9.17) is 4.42 Å². The highest BCUT2D eigenvalue weighted by Gasteiger charge is 2.18. The highest BCUT2D eigenvalue weighted by Crippen LogP contribution is 2.18. The molecule has 0 aliphatic heterocycles. The summed E-state index contributed by atoms with van der Waals surface area (Å²) in [7, 11) is 3.93. The first-order valence-electron chi connectivity index (χ1n) is 8.91. The van der Waals surface area contributed by atoms with Crippen molar-refractivity contribution in [1.29, 1.82) is 0 Å². The normalized spacial score (nSPS) is 12.3. The first kappa shape index (κ1) is 18.9. The summed E-state index contributed by atoms with van der Waals surface area (Å²) in [5.41, 5.74) is 3.47. The van der Waals surface area contributed by atoms with Crippen LogP contribution in [0.5, 0.6) is 0 Å². The van der Waals surface area contributed by atoms with Gasteiger partial charge in [-0.25, -0.2) is 0 Å². The Kier molecular flexibility index (Phi) is 5.42. The first-order chi connectivity index (χ1) is 12.8. The van der Waals surface area contributed by atoms with E-state index < -0.39 is 5.91 Å². The number of hydrogen-bond acceptors (Lipinski definition) is 4. The molecular weight excluding hydrogens is 340 g/mol. The Balaban J connectivity index is 1.80. The average molecular weight is 364 g/mol. The zero-order valence-electron chi connectivity index (χ0n) is 16.1. The van der Waals surface area contributed by atoms with Gasteiger partial charge in [-0.05, 0) is 45.6 Å². The van der Waals surface area contributed by atoms with E-state index in [-0.39, 0.29) is 17.2 Å². The zero-order chi connectivity index (χ0) is 19.6. The summed E-state index contributed by atoms with van der Waals surface area (Å²) < 4.78 is 5.65. The highest BCUT2D eigenvalue weighted by atomic mass is 16.3. The van der Waals surface area contributed by atoms with E-state index in [0.717, 1.165) is 11.1 Å². The molecule has 140 valence electrons. The molecule has 0 unspecified atom stereocenters. The lowest BCUT2D eigenvalue weighted by Crippen LogP contribution is -2.34. The standard InChI is InChI=1S/C22H24N2O3/c1-14-5-8-16(9-6-14)18(24(3)4)13-23-22(26)21-12-19(25)17-11-15(2)7-10-20(17)27-21/h5-12,18H,13H2,1-4H3,(H,23,26)/t18-/m0/s1. The lowest BCUT2D eigenvalue weighted by Gasteiger charge is -2.25. The van der Waals surface area contributed by atoms with Crippen LogP contribution in [0.4, 0.5) is 0 Å². The molecule has 0 saturated heterocycles. The topological polar surface area (TPSA) is 62.6 Å². The largest absolute Gasteiger partial charge is 0.451 e. The third kappa shape index (κ3) is 4.26. The van der Waals surface area contributed by atoms with Crippen molar-refractivity contribution in [3.05, 3.63) is 81.2 Å². The molecule has 1 aromatic heterocycles. The number of benzene rings is 2. The quantitative estimate of drug-likeness (QED) is 0.753. The van der Waals surface area contributed by atoms with Gasteiger partial charge in [0.05, 0.1) is 11.4 Å². The minimum Gasteiger partial charge on any atom is -0.451 e. The number of likely N-dealkylation sites (N-methyl/N-ethyl adjacent to an activating group) is 1. The maximum absolute atomic E-state index is 12.6. The van der Waals surface area contributed by atoms with Crippen LogP contribution in [0.15, 0.2) is 57.7 Å². The van der Waals surface area contributed by atoms with Gasteiger partial charge < -0.3 is 14.6 Å². The van der Waals surface area contributed by atoms with Gasteiger partial charge in [-0.15, -0.1) is 0 Å². The third-order valence-corrected chi connectivity index (χ3v) is 4.65. The van der Waals surface area contributed by atoms with Crippen molar-refractivity contribution in [3.63, 3.8) is 0 Å². The van der Waals surface area contributed by atoms with Crippen LogP contribution in [0.1, 0.15) is 33.3 Å². The summed E-state index contributed by atoms with van der Waals surface area (Å²) in [4.78, 5) is 26.9. The van der Waals surface area contributed by atoms with Crippen LogP contribution in [-0.2, 0) is 0 Å². The van der Waals surface area contributed by atoms with Crippen molar-refractivity contribution >= 4 is 16.9 Å². The molecule has 0 spiro atoms. The van der Waals surface area contributed by atoms with Gasteiger partial charge in [0.2, 0.25) is 0 Å². The summed E-state index contributed by atoms with van der Waals surface area (Å²) in [5, 5.41) is 3.37. The fourth-order valence-corrected chi connectivity index (χ4v) is 3.05. The monoisotopic (exact) mass is 364 g/mol. The van der Waals surface area contributed by atoms with Crippen LogP contribution >= 0.6 is 0 Å². The predicted molar refractivity (Wildman–Crippen MR) is 107 cm³/mol. The van der Waals surface area contributed by atoms with Crippen LogP contribution in [-0.4, -0.2) is 31.4 Å². The summed E-state index contributed by atoms with van der Waals surface area (Å²) in [6, 6.07) is 14.8. The Hall–Kier alpha value is -2.92. The molecule has 1 amide bonds. The van der Waals surface area contributed by atoms with Gasteiger partial charge in [-0.3, -0.25) is 9.59 Å². The van der Waals surface area contributed by atoms with E-state index in [1.54, 1.807) is 12.1 Å². The van der Waals surface area contributed by atoms with Gasteiger partial charge in [-0.2, -0.15) is 0 Å². The van der Waals surface area contributed by atoms with E-state index in [1.807, 2.05) is 38.9 Å². The van der Waals surface area contributed by atoms with Gasteiger partial charge in [0.1, 0.15) is 5.58 Å². The maximum Gasteiger partial charge on any atom is 0.287 e. The van der Waals surface area contributed by atoms with E-state index in [2.05, 4.69) is 29.6 Å². The van der Waals surface area contributed by atoms with Crippen LogP contribution in [0.2, 0.25) is 0 Å². The van der Waals surface area contributed by atoms with Crippen molar-refractivity contribution in [3.8, 4) is 0 Å². The second-order valence-corrected chi connectivity index (χ2v) is 7.07.